The molecule has 2 aliphatic heterocycles. The Labute approximate surface area is 117 Å². The van der Waals surface area contributed by atoms with Crippen molar-refractivity contribution in [2.45, 2.75) is 18.9 Å². The van der Waals surface area contributed by atoms with Gasteiger partial charge in [-0.3, -0.25) is 9.59 Å². The van der Waals surface area contributed by atoms with E-state index in [1.165, 1.54) is 0 Å². The smallest absolute Gasteiger partial charge is 0.251 e. The van der Waals surface area contributed by atoms with Crippen LogP contribution in [0, 0.1) is 0 Å². The molecule has 20 heavy (non-hydrogen) atoms. The van der Waals surface area contributed by atoms with Crippen molar-refractivity contribution in [3.8, 4) is 0 Å². The van der Waals surface area contributed by atoms with Crippen LogP contribution >= 0.6 is 0 Å². The third-order valence-corrected chi connectivity index (χ3v) is 3.79. The van der Waals surface area contributed by atoms with Gasteiger partial charge in [0.05, 0.1) is 11.4 Å². The number of hydrogen-bond donors (Lipinski definition) is 2. The van der Waals surface area contributed by atoms with Gasteiger partial charge < -0.3 is 15.5 Å². The third-order valence-electron chi connectivity index (χ3n) is 3.79. The number of amides is 2. The van der Waals surface area contributed by atoms with E-state index in [1.54, 1.807) is 18.2 Å². The maximum atomic E-state index is 12.0. The lowest BCUT2D eigenvalue weighted by Gasteiger charge is -2.33. The van der Waals surface area contributed by atoms with Gasteiger partial charge in [0.15, 0.2) is 0 Å². The van der Waals surface area contributed by atoms with Crippen molar-refractivity contribution >= 4 is 23.2 Å². The molecule has 2 aliphatic rings. The fourth-order valence-corrected chi connectivity index (χ4v) is 2.84. The number of rotatable bonds is 3. The first kappa shape index (κ1) is 12.7. The van der Waals surface area contributed by atoms with Gasteiger partial charge in [-0.1, -0.05) is 6.08 Å². The molecule has 1 atom stereocenters. The molecule has 0 aliphatic carbocycles. The second-order valence-corrected chi connectivity index (χ2v) is 5.07. The molecule has 5 nitrogen and oxygen atoms in total. The number of nitrogens with one attached hydrogen (secondary N) is 2. The summed E-state index contributed by atoms with van der Waals surface area (Å²) < 4.78 is 0. The highest BCUT2D eigenvalue weighted by Gasteiger charge is 2.36. The van der Waals surface area contributed by atoms with Crippen LogP contribution in [0.3, 0.4) is 0 Å². The van der Waals surface area contributed by atoms with Crippen LogP contribution < -0.4 is 15.5 Å². The van der Waals surface area contributed by atoms with Crippen molar-refractivity contribution in [1.29, 1.82) is 0 Å². The van der Waals surface area contributed by atoms with Crippen molar-refractivity contribution in [2.75, 3.05) is 23.3 Å². The summed E-state index contributed by atoms with van der Waals surface area (Å²) in [5.74, 6) is -0.135. The maximum absolute atomic E-state index is 12.0. The van der Waals surface area contributed by atoms with Crippen molar-refractivity contribution in [2.24, 2.45) is 0 Å². The molecule has 0 unspecified atom stereocenters. The molecule has 1 aromatic rings. The monoisotopic (exact) mass is 271 g/mol. The van der Waals surface area contributed by atoms with E-state index >= 15 is 0 Å². The summed E-state index contributed by atoms with van der Waals surface area (Å²) in [5, 5.41) is 5.63. The number of fused-ring (bicyclic) bond motifs is 3. The molecule has 0 radical (unpaired) electrons. The summed E-state index contributed by atoms with van der Waals surface area (Å²) >= 11 is 0. The number of anilines is 2. The molecule has 2 N–H and O–H groups in total. The lowest BCUT2D eigenvalue weighted by atomic mass is 10.1. The summed E-state index contributed by atoms with van der Waals surface area (Å²) in [7, 11) is 0. The van der Waals surface area contributed by atoms with Gasteiger partial charge in [-0.15, -0.1) is 6.58 Å². The van der Waals surface area contributed by atoms with Crippen molar-refractivity contribution in [3.05, 3.63) is 36.4 Å². The number of nitrogens with zero attached hydrogens (tertiary/aromatic N) is 1. The van der Waals surface area contributed by atoms with Crippen LogP contribution in [0.5, 0.6) is 0 Å². The molecule has 0 aromatic heterocycles. The Balaban J connectivity index is 1.90. The highest BCUT2D eigenvalue weighted by molar-refractivity contribution is 6.06. The number of carbonyl (C=O) groups is 2. The Morgan fingerprint density at radius 1 is 1.55 bits per heavy atom. The van der Waals surface area contributed by atoms with E-state index in [0.29, 0.717) is 12.1 Å². The summed E-state index contributed by atoms with van der Waals surface area (Å²) in [5.41, 5.74) is 2.27. The summed E-state index contributed by atoms with van der Waals surface area (Å²) in [6.45, 7) is 4.89. The molecular weight excluding hydrogens is 254 g/mol. The fraction of sp³-hybridized carbons (Fsp3) is 0.333. The van der Waals surface area contributed by atoms with Crippen LogP contribution in [-0.2, 0) is 4.79 Å². The maximum Gasteiger partial charge on any atom is 0.251 e. The summed E-state index contributed by atoms with van der Waals surface area (Å²) in [4.78, 5) is 26.1. The van der Waals surface area contributed by atoms with Gasteiger partial charge >= 0.3 is 0 Å². The molecule has 1 aromatic carbocycles. The molecular formula is C15H17N3O2. The number of benzene rings is 1. The SMILES string of the molecule is C=CCNC(=O)c1ccc2c(c1)NC(=O)[C@H]1CCCN21. The second-order valence-electron chi connectivity index (χ2n) is 5.07. The van der Waals surface area contributed by atoms with E-state index in [-0.39, 0.29) is 17.9 Å². The zero-order valence-electron chi connectivity index (χ0n) is 11.2. The lowest BCUT2D eigenvalue weighted by Crippen LogP contribution is -2.44. The number of hydrogen-bond acceptors (Lipinski definition) is 3. The number of carbonyl (C=O) groups excluding carboxylic acids is 2. The van der Waals surface area contributed by atoms with Gasteiger partial charge in [0, 0.05) is 18.7 Å². The first-order valence-corrected chi connectivity index (χ1v) is 6.81. The highest BCUT2D eigenvalue weighted by Crippen LogP contribution is 2.37. The lowest BCUT2D eigenvalue weighted by molar-refractivity contribution is -0.117. The van der Waals surface area contributed by atoms with E-state index in [0.717, 1.165) is 30.8 Å². The Morgan fingerprint density at radius 2 is 2.40 bits per heavy atom. The molecule has 0 bridgehead atoms. The fourth-order valence-electron chi connectivity index (χ4n) is 2.84. The van der Waals surface area contributed by atoms with Gasteiger partial charge in [-0.05, 0) is 31.0 Å². The average Bonchev–Trinajstić information content (AvgIpc) is 2.94. The second kappa shape index (κ2) is 5.00. The molecule has 2 amide bonds. The predicted octanol–water partition coefficient (Wildman–Crippen LogP) is 1.52. The van der Waals surface area contributed by atoms with Crippen LogP contribution in [0.2, 0.25) is 0 Å². The van der Waals surface area contributed by atoms with Crippen LogP contribution in [0.4, 0.5) is 11.4 Å². The molecule has 2 heterocycles. The third kappa shape index (κ3) is 2.05. The van der Waals surface area contributed by atoms with E-state index in [1.807, 2.05) is 6.07 Å². The van der Waals surface area contributed by atoms with Crippen LogP contribution in [0.1, 0.15) is 23.2 Å². The molecule has 0 saturated carbocycles. The standard InChI is InChI=1S/C15H17N3O2/c1-2-7-16-14(19)10-5-6-12-11(9-10)17-15(20)13-4-3-8-18(12)13/h2,5-6,9,13H,1,3-4,7-8H2,(H,16,19)(H,17,20)/t13-/m1/s1. The predicted molar refractivity (Wildman–Crippen MR) is 78.0 cm³/mol. The largest absolute Gasteiger partial charge is 0.358 e. The quantitative estimate of drug-likeness (QED) is 0.819. The van der Waals surface area contributed by atoms with E-state index in [9.17, 15) is 9.59 Å². The Kier molecular flexibility index (Phi) is 3.18. The Hall–Kier alpha value is -2.30. The molecule has 0 spiro atoms. The van der Waals surface area contributed by atoms with E-state index < -0.39 is 0 Å². The molecule has 3 rings (SSSR count). The minimum atomic E-state index is -0.162. The highest BCUT2D eigenvalue weighted by atomic mass is 16.2. The van der Waals surface area contributed by atoms with Crippen LogP contribution in [-0.4, -0.2) is 30.9 Å². The summed E-state index contributed by atoms with van der Waals surface area (Å²) in [6.07, 6.45) is 3.55. The molecule has 104 valence electrons. The van der Waals surface area contributed by atoms with Gasteiger partial charge in [-0.2, -0.15) is 0 Å². The van der Waals surface area contributed by atoms with E-state index in [4.69, 9.17) is 0 Å². The van der Waals surface area contributed by atoms with Gasteiger partial charge in [0.2, 0.25) is 5.91 Å². The topological polar surface area (TPSA) is 61.4 Å². The van der Waals surface area contributed by atoms with E-state index in [2.05, 4.69) is 22.1 Å². The first-order valence-electron chi connectivity index (χ1n) is 6.81. The molecule has 5 heteroatoms. The first-order chi connectivity index (χ1) is 9.70. The van der Waals surface area contributed by atoms with Crippen LogP contribution in [0.15, 0.2) is 30.9 Å². The van der Waals surface area contributed by atoms with Gasteiger partial charge in [0.1, 0.15) is 6.04 Å². The van der Waals surface area contributed by atoms with Crippen molar-refractivity contribution in [1.82, 2.24) is 5.32 Å². The van der Waals surface area contributed by atoms with Crippen molar-refractivity contribution < 1.29 is 9.59 Å². The van der Waals surface area contributed by atoms with Gasteiger partial charge in [-0.25, -0.2) is 0 Å². The normalized spacial score (nSPS) is 19.9. The van der Waals surface area contributed by atoms with Crippen LogP contribution in [0.25, 0.3) is 0 Å². The zero-order valence-corrected chi connectivity index (χ0v) is 11.2. The molecule has 1 fully saturated rings. The Bertz CT molecular complexity index is 582. The Morgan fingerprint density at radius 3 is 3.20 bits per heavy atom. The summed E-state index contributed by atoms with van der Waals surface area (Å²) in [6, 6.07) is 5.39. The molecule has 1 saturated heterocycles. The zero-order chi connectivity index (χ0) is 14.1. The average molecular weight is 271 g/mol. The van der Waals surface area contributed by atoms with Crippen molar-refractivity contribution in [3.63, 3.8) is 0 Å². The van der Waals surface area contributed by atoms with Gasteiger partial charge in [0.25, 0.3) is 5.91 Å². The minimum absolute atomic E-state index is 0.0265. The minimum Gasteiger partial charge on any atom is -0.358 e.